The maximum absolute atomic E-state index is 14.5. The minimum Gasteiger partial charge on any atom is -0.497 e. The van der Waals surface area contributed by atoms with Crippen molar-refractivity contribution < 1.29 is 33.7 Å². The third-order valence-electron chi connectivity index (χ3n) is 5.58. The topological polar surface area (TPSA) is 123 Å². The van der Waals surface area contributed by atoms with Crippen LogP contribution in [-0.2, 0) is 4.79 Å². The highest BCUT2D eigenvalue weighted by Crippen LogP contribution is 2.26. The summed E-state index contributed by atoms with van der Waals surface area (Å²) in [6, 6.07) is 13.0. The monoisotopic (exact) mass is 499 g/mol. The first-order chi connectivity index (χ1) is 17.0. The predicted molar refractivity (Wildman–Crippen MR) is 130 cm³/mol. The fourth-order valence-electron chi connectivity index (χ4n) is 3.28. The minimum atomic E-state index is -1.10. The molecule has 9 nitrogen and oxygen atoms in total. The Kier molecular flexibility index (Phi) is 8.31. The molecule has 0 saturated heterocycles. The van der Waals surface area contributed by atoms with Crippen molar-refractivity contribution in [3.8, 4) is 17.3 Å². The molecule has 10 heteroatoms. The van der Waals surface area contributed by atoms with Gasteiger partial charge >= 0.3 is 5.97 Å². The average Bonchev–Trinajstić information content (AvgIpc) is 3.25. The number of aliphatic carboxylic acids is 1. The van der Waals surface area contributed by atoms with E-state index in [-0.39, 0.29) is 30.3 Å². The highest BCUT2D eigenvalue weighted by molar-refractivity contribution is 5.93. The van der Waals surface area contributed by atoms with Gasteiger partial charge in [-0.1, -0.05) is 45.0 Å². The maximum atomic E-state index is 14.5. The molecular formula is C26H30FN3O6. The predicted octanol–water partition coefficient (Wildman–Crippen LogP) is 3.75. The van der Waals surface area contributed by atoms with Crippen molar-refractivity contribution in [1.29, 1.82) is 0 Å². The van der Waals surface area contributed by atoms with E-state index < -0.39 is 35.3 Å². The Hall–Kier alpha value is -3.92. The van der Waals surface area contributed by atoms with Crippen molar-refractivity contribution in [3.05, 3.63) is 71.7 Å². The second-order valence-electron chi connectivity index (χ2n) is 9.32. The van der Waals surface area contributed by atoms with E-state index in [0.29, 0.717) is 11.3 Å². The van der Waals surface area contributed by atoms with Gasteiger partial charge in [0.15, 0.2) is 5.69 Å². The zero-order valence-corrected chi connectivity index (χ0v) is 20.6. The van der Waals surface area contributed by atoms with Crippen LogP contribution in [-0.4, -0.2) is 51.7 Å². The number of nitrogens with zero attached hydrogens (tertiary/aromatic N) is 2. The van der Waals surface area contributed by atoms with Gasteiger partial charge in [0.05, 0.1) is 25.7 Å². The van der Waals surface area contributed by atoms with Crippen LogP contribution in [0.4, 0.5) is 4.39 Å². The van der Waals surface area contributed by atoms with E-state index >= 15 is 0 Å². The Morgan fingerprint density at radius 1 is 1.14 bits per heavy atom. The van der Waals surface area contributed by atoms with Crippen LogP contribution in [0.5, 0.6) is 11.6 Å². The molecule has 0 fully saturated rings. The number of aliphatic hydroxyl groups is 1. The molecule has 0 spiro atoms. The molecule has 0 aliphatic heterocycles. The Morgan fingerprint density at radius 2 is 1.81 bits per heavy atom. The van der Waals surface area contributed by atoms with Crippen LogP contribution < -0.4 is 14.8 Å². The summed E-state index contributed by atoms with van der Waals surface area (Å²) in [5.74, 6) is -1.73. The molecular weight excluding hydrogens is 469 g/mol. The molecule has 2 atom stereocenters. The summed E-state index contributed by atoms with van der Waals surface area (Å²) in [6.07, 6.45) is -1.21. The Balaban J connectivity index is 1.91. The Labute approximate surface area is 208 Å². The van der Waals surface area contributed by atoms with Gasteiger partial charge in [0.2, 0.25) is 5.88 Å². The van der Waals surface area contributed by atoms with Gasteiger partial charge in [0, 0.05) is 6.07 Å². The summed E-state index contributed by atoms with van der Waals surface area (Å²) in [5.41, 5.74) is 0.0344. The third-order valence-corrected chi connectivity index (χ3v) is 5.58. The van der Waals surface area contributed by atoms with Crippen molar-refractivity contribution in [3.63, 3.8) is 0 Å². The second-order valence-corrected chi connectivity index (χ2v) is 9.32. The lowest BCUT2D eigenvalue weighted by Gasteiger charge is -2.25. The molecule has 1 heterocycles. The average molecular weight is 500 g/mol. The number of hydrogen-bond acceptors (Lipinski definition) is 6. The number of carbonyl (C=O) groups excluding carboxylic acids is 1. The number of amides is 1. The lowest BCUT2D eigenvalue weighted by Crippen LogP contribution is -2.32. The molecule has 3 rings (SSSR count). The largest absolute Gasteiger partial charge is 0.497 e. The number of aromatic nitrogens is 2. The van der Waals surface area contributed by atoms with Gasteiger partial charge in [-0.2, -0.15) is 9.78 Å². The summed E-state index contributed by atoms with van der Waals surface area (Å²) >= 11 is 0. The highest BCUT2D eigenvalue weighted by atomic mass is 19.1. The molecule has 0 aliphatic carbocycles. The number of nitrogens with one attached hydrogen (secondary N) is 1. The first-order valence-electron chi connectivity index (χ1n) is 11.3. The lowest BCUT2D eigenvalue weighted by molar-refractivity contribution is -0.137. The van der Waals surface area contributed by atoms with Crippen LogP contribution >= 0.6 is 0 Å². The number of aliphatic hydroxyl groups excluding tert-OH is 1. The first kappa shape index (κ1) is 26.7. The van der Waals surface area contributed by atoms with E-state index in [1.165, 1.54) is 31.4 Å². The third kappa shape index (κ3) is 6.60. The minimum absolute atomic E-state index is 0.0489. The van der Waals surface area contributed by atoms with E-state index in [0.717, 1.165) is 4.68 Å². The van der Waals surface area contributed by atoms with Crippen molar-refractivity contribution in [2.24, 2.45) is 5.41 Å². The molecule has 3 N–H and O–H groups in total. The fourth-order valence-corrected chi connectivity index (χ4v) is 3.28. The molecule has 1 amide bonds. The van der Waals surface area contributed by atoms with Crippen LogP contribution in [0, 0.1) is 11.2 Å². The van der Waals surface area contributed by atoms with E-state index in [1.807, 2.05) is 20.8 Å². The Morgan fingerprint density at radius 3 is 2.39 bits per heavy atom. The summed E-state index contributed by atoms with van der Waals surface area (Å²) in [7, 11) is 1.51. The smallest absolute Gasteiger partial charge is 0.305 e. The van der Waals surface area contributed by atoms with Crippen LogP contribution in [0.15, 0.2) is 54.6 Å². The number of ether oxygens (including phenoxy) is 2. The quantitative estimate of drug-likeness (QED) is 0.388. The van der Waals surface area contributed by atoms with Gasteiger partial charge in [-0.3, -0.25) is 9.59 Å². The molecule has 0 saturated carbocycles. The molecule has 3 aromatic rings. The van der Waals surface area contributed by atoms with Crippen LogP contribution in [0.25, 0.3) is 5.69 Å². The maximum Gasteiger partial charge on any atom is 0.305 e. The van der Waals surface area contributed by atoms with Crippen molar-refractivity contribution in [2.45, 2.75) is 39.3 Å². The van der Waals surface area contributed by atoms with Gasteiger partial charge < -0.3 is 25.0 Å². The summed E-state index contributed by atoms with van der Waals surface area (Å²) in [6.45, 7) is 5.42. The van der Waals surface area contributed by atoms with Gasteiger partial charge in [-0.15, -0.1) is 0 Å². The molecule has 1 aromatic heterocycles. The molecule has 0 radical (unpaired) electrons. The highest BCUT2D eigenvalue weighted by Gasteiger charge is 2.26. The van der Waals surface area contributed by atoms with E-state index in [1.54, 1.807) is 30.3 Å². The SMILES string of the molecule is COc1ccc([C@H](CC(=O)O)NC(=O)c2cc(OC[C@H](O)C(C)(C)C)n(-c3ccccc3F)n2)cc1. The zero-order chi connectivity index (χ0) is 26.5. The van der Waals surface area contributed by atoms with Crippen molar-refractivity contribution in [1.82, 2.24) is 15.1 Å². The molecule has 0 unspecified atom stereocenters. The number of hydrogen-bond donors (Lipinski definition) is 3. The zero-order valence-electron chi connectivity index (χ0n) is 20.6. The normalized spacial score (nSPS) is 13.1. The molecule has 2 aromatic carbocycles. The van der Waals surface area contributed by atoms with E-state index in [4.69, 9.17) is 9.47 Å². The number of para-hydroxylation sites is 1. The van der Waals surface area contributed by atoms with E-state index in [2.05, 4.69) is 10.4 Å². The molecule has 0 aliphatic rings. The number of carboxylic acid groups (broad SMARTS) is 1. The standard InChI is InChI=1S/C26H30FN3O6/c1-26(2,3)22(31)15-36-23-13-20(29-30(23)21-8-6-5-7-18(21)27)25(34)28-19(14-24(32)33)16-9-11-17(35-4)12-10-16/h5-13,19,22,31H,14-15H2,1-4H3,(H,28,34)(H,32,33)/t19-,22-/m0/s1. The Bertz CT molecular complexity index is 1200. The summed E-state index contributed by atoms with van der Waals surface area (Å²) in [5, 5.41) is 26.6. The van der Waals surface area contributed by atoms with E-state index in [9.17, 15) is 24.2 Å². The number of rotatable bonds is 10. The number of methoxy groups -OCH3 is 1. The number of halogens is 1. The fraction of sp³-hybridized carbons (Fsp3) is 0.346. The van der Waals surface area contributed by atoms with Gasteiger partial charge in [-0.05, 0) is 35.2 Å². The van der Waals surface area contributed by atoms with Crippen molar-refractivity contribution >= 4 is 11.9 Å². The molecule has 192 valence electrons. The van der Waals surface area contributed by atoms with Gasteiger partial charge in [0.1, 0.15) is 23.9 Å². The first-order valence-corrected chi connectivity index (χ1v) is 11.3. The summed E-state index contributed by atoms with van der Waals surface area (Å²) < 4.78 is 26.6. The number of carboxylic acids is 1. The van der Waals surface area contributed by atoms with Gasteiger partial charge in [-0.25, -0.2) is 4.39 Å². The van der Waals surface area contributed by atoms with Crippen LogP contribution in [0.3, 0.4) is 0 Å². The summed E-state index contributed by atoms with van der Waals surface area (Å²) in [4.78, 5) is 24.6. The lowest BCUT2D eigenvalue weighted by atomic mass is 9.90. The number of carbonyl (C=O) groups is 2. The van der Waals surface area contributed by atoms with Crippen LogP contribution in [0.1, 0.15) is 49.3 Å². The number of benzene rings is 2. The second kappa shape index (κ2) is 11.2. The molecule has 36 heavy (non-hydrogen) atoms. The van der Waals surface area contributed by atoms with Gasteiger partial charge in [0.25, 0.3) is 5.91 Å². The van der Waals surface area contributed by atoms with Crippen molar-refractivity contribution in [2.75, 3.05) is 13.7 Å². The molecule has 0 bridgehead atoms. The van der Waals surface area contributed by atoms with Crippen LogP contribution in [0.2, 0.25) is 0 Å².